The lowest BCUT2D eigenvalue weighted by Crippen LogP contribution is -2.06. The molecule has 7 heteroatoms. The molecule has 0 aliphatic heterocycles. The second-order valence-corrected chi connectivity index (χ2v) is 3.39. The van der Waals surface area contributed by atoms with Gasteiger partial charge in [0, 0.05) is 12.1 Å². The van der Waals surface area contributed by atoms with Gasteiger partial charge in [0.2, 0.25) is 0 Å². The van der Waals surface area contributed by atoms with E-state index in [4.69, 9.17) is 21.1 Å². The molecule has 0 radical (unpaired) electrons. The maximum atomic E-state index is 11.5. The van der Waals surface area contributed by atoms with Crippen molar-refractivity contribution >= 4 is 23.3 Å². The van der Waals surface area contributed by atoms with Crippen molar-refractivity contribution < 1.29 is 19.2 Å². The summed E-state index contributed by atoms with van der Waals surface area (Å²) in [6.45, 7) is 1.79. The van der Waals surface area contributed by atoms with E-state index in [1.54, 1.807) is 6.92 Å². The van der Waals surface area contributed by atoms with Gasteiger partial charge in [0.25, 0.3) is 0 Å². The summed E-state index contributed by atoms with van der Waals surface area (Å²) in [6.07, 6.45) is 0. The lowest BCUT2D eigenvalue weighted by Gasteiger charge is -2.06. The molecule has 1 aromatic carbocycles. The van der Waals surface area contributed by atoms with E-state index in [1.165, 1.54) is 13.2 Å². The van der Waals surface area contributed by atoms with Crippen LogP contribution in [0.2, 0.25) is 5.02 Å². The minimum atomic E-state index is -0.705. The molecule has 0 saturated heterocycles. The number of rotatable bonds is 4. The highest BCUT2D eigenvalue weighted by Gasteiger charge is 2.22. The summed E-state index contributed by atoms with van der Waals surface area (Å²) in [5, 5.41) is 10.8. The molecule has 17 heavy (non-hydrogen) atoms. The number of carbonyl (C=O) groups is 1. The smallest absolute Gasteiger partial charge is 0.339 e. The highest BCUT2D eigenvalue weighted by Crippen LogP contribution is 2.33. The number of benzene rings is 1. The molecular weight excluding hydrogens is 250 g/mol. The number of nitrogens with zero attached hydrogens (tertiary/aromatic N) is 1. The fraction of sp³-hybridized carbons (Fsp3) is 0.300. The Kier molecular flexibility index (Phi) is 4.28. The van der Waals surface area contributed by atoms with Gasteiger partial charge in [-0.1, -0.05) is 11.6 Å². The second-order valence-electron chi connectivity index (χ2n) is 2.98. The third kappa shape index (κ3) is 2.85. The number of carbonyl (C=O) groups excluding carboxylic acids is 1. The van der Waals surface area contributed by atoms with Crippen LogP contribution in [0.15, 0.2) is 12.1 Å². The predicted molar refractivity (Wildman–Crippen MR) is 60.6 cm³/mol. The van der Waals surface area contributed by atoms with Crippen LogP contribution in [0.25, 0.3) is 0 Å². The van der Waals surface area contributed by atoms with Crippen molar-refractivity contribution in [2.24, 2.45) is 0 Å². The number of hydrogen-bond acceptors (Lipinski definition) is 5. The van der Waals surface area contributed by atoms with E-state index in [0.717, 1.165) is 6.07 Å². The molecule has 0 N–H and O–H groups in total. The first-order valence-corrected chi connectivity index (χ1v) is 5.08. The standard InChI is InChI=1S/C10H10ClNO5/c1-3-17-10(13)6-4-8(12(14)15)9(16-2)5-7(6)11/h4-5H,3H2,1-2H3. The van der Waals surface area contributed by atoms with E-state index < -0.39 is 10.9 Å². The molecule has 0 aromatic heterocycles. The van der Waals surface area contributed by atoms with Gasteiger partial charge in [-0.05, 0) is 6.92 Å². The summed E-state index contributed by atoms with van der Waals surface area (Å²) < 4.78 is 9.53. The Labute approximate surface area is 102 Å². The lowest BCUT2D eigenvalue weighted by atomic mass is 10.2. The zero-order valence-electron chi connectivity index (χ0n) is 9.23. The first-order chi connectivity index (χ1) is 8.01. The molecule has 0 aliphatic carbocycles. The second kappa shape index (κ2) is 5.49. The number of nitro benzene ring substituents is 1. The minimum absolute atomic E-state index is 0.00644. The Morgan fingerprint density at radius 2 is 2.18 bits per heavy atom. The van der Waals surface area contributed by atoms with Crippen LogP contribution in [-0.4, -0.2) is 24.6 Å². The number of ether oxygens (including phenoxy) is 2. The average Bonchev–Trinajstić information content (AvgIpc) is 2.28. The Bertz CT molecular complexity index is 460. The summed E-state index contributed by atoms with van der Waals surface area (Å²) in [4.78, 5) is 21.6. The molecule has 0 spiro atoms. The number of methoxy groups -OCH3 is 1. The van der Waals surface area contributed by atoms with Crippen LogP contribution in [0.3, 0.4) is 0 Å². The third-order valence-corrected chi connectivity index (χ3v) is 2.27. The molecule has 0 unspecified atom stereocenters. The van der Waals surface area contributed by atoms with Gasteiger partial charge in [-0.2, -0.15) is 0 Å². The molecule has 0 amide bonds. The summed E-state index contributed by atoms with van der Waals surface area (Å²) in [5.41, 5.74) is -0.388. The Hall–Kier alpha value is -1.82. The maximum absolute atomic E-state index is 11.5. The van der Waals surface area contributed by atoms with E-state index in [2.05, 4.69) is 0 Å². The number of nitro groups is 1. The quantitative estimate of drug-likeness (QED) is 0.471. The zero-order chi connectivity index (χ0) is 13.0. The Balaban J connectivity index is 3.29. The van der Waals surface area contributed by atoms with E-state index in [-0.39, 0.29) is 28.6 Å². The summed E-state index contributed by atoms with van der Waals surface area (Å²) >= 11 is 5.81. The van der Waals surface area contributed by atoms with Crippen LogP contribution in [0, 0.1) is 10.1 Å². The van der Waals surface area contributed by atoms with Crippen LogP contribution < -0.4 is 4.74 Å². The van der Waals surface area contributed by atoms with Gasteiger partial charge in [-0.25, -0.2) is 4.79 Å². The molecule has 0 bridgehead atoms. The molecule has 0 atom stereocenters. The molecule has 6 nitrogen and oxygen atoms in total. The topological polar surface area (TPSA) is 78.7 Å². The molecular formula is C10H10ClNO5. The van der Waals surface area contributed by atoms with Crippen molar-refractivity contribution in [3.05, 3.63) is 32.8 Å². The van der Waals surface area contributed by atoms with Crippen LogP contribution in [0.5, 0.6) is 5.75 Å². The van der Waals surface area contributed by atoms with Gasteiger partial charge in [0.1, 0.15) is 0 Å². The molecule has 92 valence electrons. The van der Waals surface area contributed by atoms with Gasteiger partial charge in [0.15, 0.2) is 5.75 Å². The van der Waals surface area contributed by atoms with Gasteiger partial charge < -0.3 is 9.47 Å². The van der Waals surface area contributed by atoms with Crippen molar-refractivity contribution in [3.8, 4) is 5.75 Å². The van der Waals surface area contributed by atoms with E-state index in [9.17, 15) is 14.9 Å². The first kappa shape index (κ1) is 13.2. The number of halogens is 1. The fourth-order valence-corrected chi connectivity index (χ4v) is 1.45. The number of esters is 1. The van der Waals surface area contributed by atoms with Crippen molar-refractivity contribution in [1.29, 1.82) is 0 Å². The van der Waals surface area contributed by atoms with Gasteiger partial charge >= 0.3 is 11.7 Å². The Morgan fingerprint density at radius 1 is 1.53 bits per heavy atom. The highest BCUT2D eigenvalue weighted by molar-refractivity contribution is 6.33. The van der Waals surface area contributed by atoms with Crippen molar-refractivity contribution in [3.63, 3.8) is 0 Å². The van der Waals surface area contributed by atoms with Gasteiger partial charge in [-0.3, -0.25) is 10.1 Å². The lowest BCUT2D eigenvalue weighted by molar-refractivity contribution is -0.385. The monoisotopic (exact) mass is 259 g/mol. The summed E-state index contributed by atoms with van der Waals surface area (Å²) in [6, 6.07) is 2.26. The largest absolute Gasteiger partial charge is 0.490 e. The van der Waals surface area contributed by atoms with Crippen LogP contribution >= 0.6 is 11.6 Å². The average molecular weight is 260 g/mol. The zero-order valence-corrected chi connectivity index (χ0v) is 9.98. The van der Waals surface area contributed by atoms with Crippen molar-refractivity contribution in [2.75, 3.05) is 13.7 Å². The van der Waals surface area contributed by atoms with Crippen LogP contribution in [0.1, 0.15) is 17.3 Å². The van der Waals surface area contributed by atoms with Gasteiger partial charge in [0.05, 0.1) is 29.2 Å². The predicted octanol–water partition coefficient (Wildman–Crippen LogP) is 2.43. The van der Waals surface area contributed by atoms with Crippen molar-refractivity contribution in [2.45, 2.75) is 6.92 Å². The SMILES string of the molecule is CCOC(=O)c1cc([N+](=O)[O-])c(OC)cc1Cl. The van der Waals surface area contributed by atoms with Crippen LogP contribution in [-0.2, 0) is 4.74 Å². The maximum Gasteiger partial charge on any atom is 0.339 e. The molecule has 0 saturated carbocycles. The van der Waals surface area contributed by atoms with E-state index in [1.807, 2.05) is 0 Å². The third-order valence-electron chi connectivity index (χ3n) is 1.96. The minimum Gasteiger partial charge on any atom is -0.490 e. The van der Waals surface area contributed by atoms with E-state index in [0.29, 0.717) is 0 Å². The van der Waals surface area contributed by atoms with Crippen LogP contribution in [0.4, 0.5) is 5.69 Å². The molecule has 0 fully saturated rings. The summed E-state index contributed by atoms with van der Waals surface area (Å²) in [7, 11) is 1.28. The van der Waals surface area contributed by atoms with Gasteiger partial charge in [-0.15, -0.1) is 0 Å². The fourth-order valence-electron chi connectivity index (χ4n) is 1.22. The number of hydrogen-bond donors (Lipinski definition) is 0. The normalized spacial score (nSPS) is 9.82. The first-order valence-electron chi connectivity index (χ1n) is 4.70. The van der Waals surface area contributed by atoms with E-state index >= 15 is 0 Å². The molecule has 0 heterocycles. The Morgan fingerprint density at radius 3 is 2.65 bits per heavy atom. The molecule has 1 rings (SSSR count). The van der Waals surface area contributed by atoms with Crippen molar-refractivity contribution in [1.82, 2.24) is 0 Å². The summed E-state index contributed by atoms with van der Waals surface area (Å²) in [5.74, 6) is -0.712. The molecule has 1 aromatic rings. The highest BCUT2D eigenvalue weighted by atomic mass is 35.5. The molecule has 0 aliphatic rings.